The lowest BCUT2D eigenvalue weighted by atomic mass is 9.90. The standard InChI is InChI=1S/C17H27NO/c1-5-7-15(8-6-2)11-16-10-9-14(3)17(12-16)18(4)13-19/h9-10,12-13,15H,5-8,11H2,1-4H3. The lowest BCUT2D eigenvalue weighted by molar-refractivity contribution is -0.107. The first-order valence-corrected chi connectivity index (χ1v) is 7.40. The first-order valence-electron chi connectivity index (χ1n) is 7.40. The highest BCUT2D eigenvalue weighted by Gasteiger charge is 2.10. The van der Waals surface area contributed by atoms with E-state index >= 15 is 0 Å². The van der Waals surface area contributed by atoms with Crippen molar-refractivity contribution in [2.45, 2.75) is 52.9 Å². The number of benzene rings is 1. The van der Waals surface area contributed by atoms with Gasteiger partial charge in [-0.05, 0) is 36.5 Å². The zero-order chi connectivity index (χ0) is 14.3. The molecule has 0 aliphatic carbocycles. The second-order valence-electron chi connectivity index (χ2n) is 5.48. The summed E-state index contributed by atoms with van der Waals surface area (Å²) in [6, 6.07) is 6.50. The molecule has 2 nitrogen and oxygen atoms in total. The van der Waals surface area contributed by atoms with Crippen LogP contribution in [-0.4, -0.2) is 13.5 Å². The van der Waals surface area contributed by atoms with Gasteiger partial charge in [-0.3, -0.25) is 4.79 Å². The van der Waals surface area contributed by atoms with Gasteiger partial charge in [-0.1, -0.05) is 51.7 Å². The lowest BCUT2D eigenvalue weighted by Crippen LogP contribution is -2.15. The maximum Gasteiger partial charge on any atom is 0.213 e. The van der Waals surface area contributed by atoms with Gasteiger partial charge in [0.2, 0.25) is 6.41 Å². The fourth-order valence-corrected chi connectivity index (χ4v) is 2.72. The Morgan fingerprint density at radius 3 is 2.37 bits per heavy atom. The Labute approximate surface area is 117 Å². The van der Waals surface area contributed by atoms with Gasteiger partial charge >= 0.3 is 0 Å². The van der Waals surface area contributed by atoms with Crippen LogP contribution in [0.3, 0.4) is 0 Å². The summed E-state index contributed by atoms with van der Waals surface area (Å²) in [5, 5.41) is 0. The molecule has 0 spiro atoms. The molecular weight excluding hydrogens is 234 g/mol. The van der Waals surface area contributed by atoms with Gasteiger partial charge < -0.3 is 4.90 Å². The molecule has 0 radical (unpaired) electrons. The molecule has 1 amide bonds. The summed E-state index contributed by atoms with van der Waals surface area (Å²) in [5.74, 6) is 0.770. The Balaban J connectivity index is 2.85. The van der Waals surface area contributed by atoms with Crippen molar-refractivity contribution in [1.82, 2.24) is 0 Å². The highest BCUT2D eigenvalue weighted by molar-refractivity contribution is 5.76. The van der Waals surface area contributed by atoms with Crippen LogP contribution in [0, 0.1) is 12.8 Å². The molecular formula is C17H27NO. The number of aryl methyl sites for hydroxylation is 1. The van der Waals surface area contributed by atoms with Crippen LogP contribution in [-0.2, 0) is 11.2 Å². The number of carbonyl (C=O) groups is 1. The molecule has 1 aromatic carbocycles. The second kappa shape index (κ2) is 7.98. The minimum absolute atomic E-state index is 0.770. The summed E-state index contributed by atoms with van der Waals surface area (Å²) >= 11 is 0. The molecule has 0 heterocycles. The molecule has 0 aliphatic heterocycles. The fraction of sp³-hybridized carbons (Fsp3) is 0.588. The predicted molar refractivity (Wildman–Crippen MR) is 82.7 cm³/mol. The smallest absolute Gasteiger partial charge is 0.213 e. The fourth-order valence-electron chi connectivity index (χ4n) is 2.72. The average Bonchev–Trinajstić information content (AvgIpc) is 2.40. The summed E-state index contributed by atoms with van der Waals surface area (Å²) in [6.07, 6.45) is 7.08. The van der Waals surface area contributed by atoms with Gasteiger partial charge in [0.15, 0.2) is 0 Å². The van der Waals surface area contributed by atoms with Crippen LogP contribution >= 0.6 is 0 Å². The molecule has 1 rings (SSSR count). The molecule has 0 atom stereocenters. The topological polar surface area (TPSA) is 20.3 Å². The van der Waals surface area contributed by atoms with Crippen molar-refractivity contribution in [2.24, 2.45) is 5.92 Å². The van der Waals surface area contributed by atoms with Crippen molar-refractivity contribution in [3.05, 3.63) is 29.3 Å². The zero-order valence-corrected chi connectivity index (χ0v) is 12.8. The van der Waals surface area contributed by atoms with Crippen LogP contribution in [0.1, 0.15) is 50.7 Å². The van der Waals surface area contributed by atoms with Crippen molar-refractivity contribution in [3.63, 3.8) is 0 Å². The number of amides is 1. The summed E-state index contributed by atoms with van der Waals surface area (Å²) in [6.45, 7) is 6.56. The summed E-state index contributed by atoms with van der Waals surface area (Å²) < 4.78 is 0. The van der Waals surface area contributed by atoms with E-state index in [1.807, 2.05) is 7.05 Å². The Morgan fingerprint density at radius 1 is 1.21 bits per heavy atom. The molecule has 2 heteroatoms. The second-order valence-corrected chi connectivity index (χ2v) is 5.48. The first kappa shape index (κ1) is 15.7. The van der Waals surface area contributed by atoms with Gasteiger partial charge in [0.25, 0.3) is 0 Å². The molecule has 0 unspecified atom stereocenters. The van der Waals surface area contributed by atoms with E-state index in [9.17, 15) is 4.79 Å². The van der Waals surface area contributed by atoms with E-state index in [0.29, 0.717) is 0 Å². The normalized spacial score (nSPS) is 10.8. The Kier molecular flexibility index (Phi) is 6.61. The zero-order valence-electron chi connectivity index (χ0n) is 12.8. The molecule has 0 aliphatic rings. The van der Waals surface area contributed by atoms with Crippen molar-refractivity contribution >= 4 is 12.1 Å². The van der Waals surface area contributed by atoms with Gasteiger partial charge in [-0.15, -0.1) is 0 Å². The van der Waals surface area contributed by atoms with Crippen molar-refractivity contribution < 1.29 is 4.79 Å². The summed E-state index contributed by atoms with van der Waals surface area (Å²) in [4.78, 5) is 12.6. The molecule has 0 saturated heterocycles. The molecule has 0 aromatic heterocycles. The highest BCUT2D eigenvalue weighted by Crippen LogP contribution is 2.24. The molecule has 106 valence electrons. The molecule has 0 N–H and O–H groups in total. The molecule has 0 bridgehead atoms. The minimum Gasteiger partial charge on any atom is -0.318 e. The number of anilines is 1. The van der Waals surface area contributed by atoms with Crippen LogP contribution in [0.25, 0.3) is 0 Å². The van der Waals surface area contributed by atoms with E-state index < -0.39 is 0 Å². The quantitative estimate of drug-likeness (QED) is 0.637. The van der Waals surface area contributed by atoms with E-state index in [2.05, 4.69) is 39.0 Å². The number of hydrogen-bond acceptors (Lipinski definition) is 1. The van der Waals surface area contributed by atoms with E-state index in [1.165, 1.54) is 31.2 Å². The van der Waals surface area contributed by atoms with Crippen molar-refractivity contribution in [1.29, 1.82) is 0 Å². The van der Waals surface area contributed by atoms with Gasteiger partial charge in [0.05, 0.1) is 0 Å². The summed E-state index contributed by atoms with van der Waals surface area (Å²) in [5.41, 5.74) is 3.53. The molecule has 19 heavy (non-hydrogen) atoms. The van der Waals surface area contributed by atoms with Crippen LogP contribution < -0.4 is 4.90 Å². The predicted octanol–water partition coefficient (Wildman–Crippen LogP) is 4.35. The van der Waals surface area contributed by atoms with Crippen LogP contribution in [0.4, 0.5) is 5.69 Å². The molecule has 0 fully saturated rings. The van der Waals surface area contributed by atoms with E-state index in [4.69, 9.17) is 0 Å². The number of rotatable bonds is 8. The Bertz CT molecular complexity index is 394. The largest absolute Gasteiger partial charge is 0.318 e. The number of nitrogens with zero attached hydrogens (tertiary/aromatic N) is 1. The number of hydrogen-bond donors (Lipinski definition) is 0. The van der Waals surface area contributed by atoms with Gasteiger partial charge in [0.1, 0.15) is 0 Å². The van der Waals surface area contributed by atoms with Crippen molar-refractivity contribution in [2.75, 3.05) is 11.9 Å². The number of carbonyl (C=O) groups excluding carboxylic acids is 1. The van der Waals surface area contributed by atoms with E-state index in [0.717, 1.165) is 30.0 Å². The van der Waals surface area contributed by atoms with Gasteiger partial charge in [-0.25, -0.2) is 0 Å². The SMILES string of the molecule is CCCC(CCC)Cc1ccc(C)c(N(C)C=O)c1. The van der Waals surface area contributed by atoms with Gasteiger partial charge in [0, 0.05) is 12.7 Å². The third-order valence-electron chi connectivity index (χ3n) is 3.73. The Morgan fingerprint density at radius 2 is 1.84 bits per heavy atom. The maximum atomic E-state index is 10.9. The first-order chi connectivity index (χ1) is 9.12. The third kappa shape index (κ3) is 4.70. The summed E-state index contributed by atoms with van der Waals surface area (Å²) in [7, 11) is 1.81. The average molecular weight is 261 g/mol. The third-order valence-corrected chi connectivity index (χ3v) is 3.73. The monoisotopic (exact) mass is 261 g/mol. The van der Waals surface area contributed by atoms with Crippen LogP contribution in [0.15, 0.2) is 18.2 Å². The molecule has 0 saturated carbocycles. The molecule has 1 aromatic rings. The highest BCUT2D eigenvalue weighted by atomic mass is 16.1. The maximum absolute atomic E-state index is 10.9. The van der Waals surface area contributed by atoms with Crippen molar-refractivity contribution in [3.8, 4) is 0 Å². The Hall–Kier alpha value is -1.31. The minimum atomic E-state index is 0.770. The van der Waals surface area contributed by atoms with Crippen LogP contribution in [0.5, 0.6) is 0 Å². The van der Waals surface area contributed by atoms with E-state index in [1.54, 1.807) is 4.90 Å². The lowest BCUT2D eigenvalue weighted by Gasteiger charge is -2.19. The van der Waals surface area contributed by atoms with E-state index in [-0.39, 0.29) is 0 Å². The van der Waals surface area contributed by atoms with Crippen LogP contribution in [0.2, 0.25) is 0 Å². The van der Waals surface area contributed by atoms with Gasteiger partial charge in [-0.2, -0.15) is 0 Å².